The molecule has 0 aromatic rings. The highest BCUT2D eigenvalue weighted by Crippen LogP contribution is 2.22. The number of likely N-dealkylation sites (tertiary alicyclic amines) is 1. The van der Waals surface area contributed by atoms with Gasteiger partial charge in [-0.15, -0.1) is 0 Å². The van der Waals surface area contributed by atoms with Crippen molar-refractivity contribution in [2.45, 2.75) is 64.8 Å². The predicted octanol–water partition coefficient (Wildman–Crippen LogP) is 3.05. The summed E-state index contributed by atoms with van der Waals surface area (Å²) in [6.07, 6.45) is 9.00. The summed E-state index contributed by atoms with van der Waals surface area (Å²) in [7, 11) is 0. The number of unbranched alkanes of at least 4 members (excludes halogenated alkanes) is 2. The van der Waals surface area contributed by atoms with Gasteiger partial charge in [-0.25, -0.2) is 0 Å². The number of aliphatic hydroxyl groups is 1. The van der Waals surface area contributed by atoms with Crippen molar-refractivity contribution in [3.63, 3.8) is 0 Å². The van der Waals surface area contributed by atoms with E-state index in [0.717, 1.165) is 18.4 Å². The van der Waals surface area contributed by atoms with E-state index in [4.69, 9.17) is 5.11 Å². The molecule has 1 rings (SSSR count). The molecule has 0 spiro atoms. The van der Waals surface area contributed by atoms with Gasteiger partial charge in [-0.2, -0.15) is 0 Å². The summed E-state index contributed by atoms with van der Waals surface area (Å²) in [4.78, 5) is 2.70. The van der Waals surface area contributed by atoms with Crippen molar-refractivity contribution in [2.75, 3.05) is 19.7 Å². The summed E-state index contributed by atoms with van der Waals surface area (Å²) >= 11 is 0. The normalized spacial score (nSPS) is 23.6. The van der Waals surface area contributed by atoms with Crippen LogP contribution in [0.5, 0.6) is 0 Å². The maximum atomic E-state index is 8.77. The van der Waals surface area contributed by atoms with Crippen LogP contribution < -0.4 is 0 Å². The Morgan fingerprint density at radius 2 is 1.94 bits per heavy atom. The summed E-state index contributed by atoms with van der Waals surface area (Å²) in [6, 6.07) is 0.802. The van der Waals surface area contributed by atoms with Gasteiger partial charge in [0.2, 0.25) is 0 Å². The Balaban J connectivity index is 2.32. The Kier molecular flexibility index (Phi) is 7.06. The van der Waals surface area contributed by atoms with Crippen molar-refractivity contribution < 1.29 is 5.11 Å². The van der Waals surface area contributed by atoms with Crippen LogP contribution in [0.1, 0.15) is 58.8 Å². The van der Waals surface area contributed by atoms with Crippen LogP contribution in [-0.4, -0.2) is 35.7 Å². The van der Waals surface area contributed by atoms with Crippen molar-refractivity contribution in [1.29, 1.82) is 0 Å². The molecule has 1 unspecified atom stereocenters. The third kappa shape index (κ3) is 4.84. The Bertz CT molecular complexity index is 170. The molecule has 0 aromatic carbocycles. The Labute approximate surface area is 101 Å². The highest BCUT2D eigenvalue weighted by Gasteiger charge is 2.22. The van der Waals surface area contributed by atoms with E-state index in [0.29, 0.717) is 6.61 Å². The Morgan fingerprint density at radius 1 is 1.12 bits per heavy atom. The smallest absolute Gasteiger partial charge is 0.0431 e. The molecule has 1 aliphatic rings. The lowest BCUT2D eigenvalue weighted by atomic mass is 9.98. The fourth-order valence-electron chi connectivity index (χ4n) is 2.83. The average molecular weight is 227 g/mol. The van der Waals surface area contributed by atoms with Gasteiger partial charge in [0.05, 0.1) is 0 Å². The van der Waals surface area contributed by atoms with Crippen LogP contribution in [0, 0.1) is 5.92 Å². The first-order chi connectivity index (χ1) is 7.75. The summed E-state index contributed by atoms with van der Waals surface area (Å²) in [5.41, 5.74) is 0. The number of hydrogen-bond acceptors (Lipinski definition) is 2. The first kappa shape index (κ1) is 14.0. The molecule has 0 radical (unpaired) electrons. The molecule has 0 aromatic heterocycles. The SMILES string of the molecule is CC(C)C1CCCCCN1CCCCCO. The number of rotatable bonds is 6. The second-order valence-electron chi connectivity index (χ2n) is 5.48. The first-order valence-electron chi connectivity index (χ1n) is 7.10. The monoisotopic (exact) mass is 227 g/mol. The maximum Gasteiger partial charge on any atom is 0.0431 e. The quantitative estimate of drug-likeness (QED) is 0.705. The predicted molar refractivity (Wildman–Crippen MR) is 69.6 cm³/mol. The highest BCUT2D eigenvalue weighted by molar-refractivity contribution is 4.77. The fourth-order valence-corrected chi connectivity index (χ4v) is 2.83. The Morgan fingerprint density at radius 3 is 2.62 bits per heavy atom. The highest BCUT2D eigenvalue weighted by atomic mass is 16.2. The largest absolute Gasteiger partial charge is 0.396 e. The molecule has 1 aliphatic heterocycles. The zero-order valence-electron chi connectivity index (χ0n) is 11.1. The van der Waals surface area contributed by atoms with Gasteiger partial charge in [-0.3, -0.25) is 0 Å². The molecule has 1 saturated heterocycles. The molecule has 0 amide bonds. The second kappa shape index (κ2) is 8.08. The van der Waals surface area contributed by atoms with Crippen molar-refractivity contribution >= 4 is 0 Å². The molecule has 1 heterocycles. The molecule has 16 heavy (non-hydrogen) atoms. The van der Waals surface area contributed by atoms with Gasteiger partial charge in [-0.05, 0) is 51.1 Å². The zero-order valence-corrected chi connectivity index (χ0v) is 11.1. The molecule has 2 heteroatoms. The molecule has 1 N–H and O–H groups in total. The lowest BCUT2D eigenvalue weighted by Gasteiger charge is -2.32. The van der Waals surface area contributed by atoms with Crippen molar-refractivity contribution in [3.05, 3.63) is 0 Å². The molecule has 0 saturated carbocycles. The minimum absolute atomic E-state index is 0.355. The van der Waals surface area contributed by atoms with E-state index < -0.39 is 0 Å². The van der Waals surface area contributed by atoms with Crippen LogP contribution in [-0.2, 0) is 0 Å². The molecule has 0 aliphatic carbocycles. The summed E-state index contributed by atoms with van der Waals surface area (Å²) in [5, 5.41) is 8.77. The van der Waals surface area contributed by atoms with Gasteiger partial charge in [0, 0.05) is 12.6 Å². The van der Waals surface area contributed by atoms with E-state index in [-0.39, 0.29) is 0 Å². The van der Waals surface area contributed by atoms with Gasteiger partial charge in [0.25, 0.3) is 0 Å². The molecular formula is C14H29NO. The number of nitrogens with zero attached hydrogens (tertiary/aromatic N) is 1. The minimum Gasteiger partial charge on any atom is -0.396 e. The van der Waals surface area contributed by atoms with E-state index in [2.05, 4.69) is 18.7 Å². The van der Waals surface area contributed by atoms with E-state index in [1.54, 1.807) is 0 Å². The summed E-state index contributed by atoms with van der Waals surface area (Å²) in [5.74, 6) is 0.788. The lowest BCUT2D eigenvalue weighted by molar-refractivity contribution is 0.153. The third-order valence-corrected chi connectivity index (χ3v) is 3.79. The number of aliphatic hydroxyl groups excluding tert-OH is 1. The number of hydrogen-bond donors (Lipinski definition) is 1. The van der Waals surface area contributed by atoms with Gasteiger partial charge in [-0.1, -0.05) is 26.7 Å². The Hall–Kier alpha value is -0.0800. The van der Waals surface area contributed by atoms with Crippen LogP contribution in [0.15, 0.2) is 0 Å². The second-order valence-corrected chi connectivity index (χ2v) is 5.48. The molecule has 0 bridgehead atoms. The summed E-state index contributed by atoms with van der Waals surface area (Å²) < 4.78 is 0. The fraction of sp³-hybridized carbons (Fsp3) is 1.00. The molecular weight excluding hydrogens is 198 g/mol. The summed E-state index contributed by atoms with van der Waals surface area (Å²) in [6.45, 7) is 7.60. The van der Waals surface area contributed by atoms with Gasteiger partial charge in [0.1, 0.15) is 0 Å². The van der Waals surface area contributed by atoms with E-state index in [9.17, 15) is 0 Å². The van der Waals surface area contributed by atoms with Crippen LogP contribution >= 0.6 is 0 Å². The van der Waals surface area contributed by atoms with Gasteiger partial charge in [0.15, 0.2) is 0 Å². The molecule has 2 nitrogen and oxygen atoms in total. The van der Waals surface area contributed by atoms with Gasteiger partial charge < -0.3 is 10.0 Å². The van der Waals surface area contributed by atoms with E-state index in [1.807, 2.05) is 0 Å². The van der Waals surface area contributed by atoms with Crippen LogP contribution in [0.25, 0.3) is 0 Å². The van der Waals surface area contributed by atoms with E-state index in [1.165, 1.54) is 51.6 Å². The molecule has 96 valence electrons. The van der Waals surface area contributed by atoms with Crippen LogP contribution in [0.4, 0.5) is 0 Å². The third-order valence-electron chi connectivity index (χ3n) is 3.79. The maximum absolute atomic E-state index is 8.77. The van der Waals surface area contributed by atoms with E-state index >= 15 is 0 Å². The van der Waals surface area contributed by atoms with Crippen LogP contribution in [0.3, 0.4) is 0 Å². The molecule has 1 fully saturated rings. The molecule has 1 atom stereocenters. The van der Waals surface area contributed by atoms with Crippen LogP contribution in [0.2, 0.25) is 0 Å². The van der Waals surface area contributed by atoms with Crippen molar-refractivity contribution in [3.8, 4) is 0 Å². The topological polar surface area (TPSA) is 23.5 Å². The first-order valence-corrected chi connectivity index (χ1v) is 7.10. The standard InChI is InChI=1S/C14H29NO/c1-13(2)14-9-5-3-6-10-15(14)11-7-4-8-12-16/h13-14,16H,3-12H2,1-2H3. The zero-order chi connectivity index (χ0) is 11.8. The minimum atomic E-state index is 0.355. The average Bonchev–Trinajstić information content (AvgIpc) is 2.49. The van der Waals surface area contributed by atoms with Crippen molar-refractivity contribution in [2.24, 2.45) is 5.92 Å². The van der Waals surface area contributed by atoms with Gasteiger partial charge >= 0.3 is 0 Å². The lowest BCUT2D eigenvalue weighted by Crippen LogP contribution is -2.39. The van der Waals surface area contributed by atoms with Crippen molar-refractivity contribution in [1.82, 2.24) is 4.90 Å².